The first-order valence-corrected chi connectivity index (χ1v) is 6.14. The van der Waals surface area contributed by atoms with Crippen LogP contribution >= 0.6 is 0 Å². The molecule has 0 aliphatic rings. The van der Waals surface area contributed by atoms with Crippen molar-refractivity contribution in [2.75, 3.05) is 12.3 Å². The minimum atomic E-state index is -0.662. The second kappa shape index (κ2) is 5.99. The summed E-state index contributed by atoms with van der Waals surface area (Å²) in [6, 6.07) is 4.24. The van der Waals surface area contributed by atoms with Gasteiger partial charge in [-0.3, -0.25) is 19.6 Å². The van der Waals surface area contributed by atoms with Crippen molar-refractivity contribution in [1.29, 1.82) is 0 Å². The molecule has 1 heterocycles. The maximum absolute atomic E-state index is 12.0. The van der Waals surface area contributed by atoms with E-state index in [-0.39, 0.29) is 23.5 Å². The van der Waals surface area contributed by atoms with Gasteiger partial charge in [-0.1, -0.05) is 6.07 Å². The van der Waals surface area contributed by atoms with Crippen LogP contribution in [0.2, 0.25) is 0 Å². The number of hydrogen-bond donors (Lipinski definition) is 2. The van der Waals surface area contributed by atoms with Gasteiger partial charge in [-0.25, -0.2) is 4.98 Å². The van der Waals surface area contributed by atoms with Gasteiger partial charge in [0, 0.05) is 20.0 Å². The fourth-order valence-electron chi connectivity index (χ4n) is 1.83. The Bertz CT molecular complexity index is 681. The minimum Gasteiger partial charge on any atom is -0.393 e. The normalized spacial score (nSPS) is 10.3. The first kappa shape index (κ1) is 14.4. The Morgan fingerprint density at radius 1 is 1.52 bits per heavy atom. The molecule has 0 atom stereocenters. The van der Waals surface area contributed by atoms with E-state index in [1.165, 1.54) is 18.2 Å². The van der Waals surface area contributed by atoms with Gasteiger partial charge < -0.3 is 11.1 Å². The average molecular weight is 290 g/mol. The number of anilines is 1. The van der Waals surface area contributed by atoms with E-state index in [2.05, 4.69) is 15.4 Å². The summed E-state index contributed by atoms with van der Waals surface area (Å²) in [5, 5.41) is 17.6. The van der Waals surface area contributed by atoms with Crippen LogP contribution in [0, 0.1) is 10.1 Å². The highest BCUT2D eigenvalue weighted by Crippen LogP contribution is 2.25. The minimum absolute atomic E-state index is 0.0426. The van der Waals surface area contributed by atoms with E-state index >= 15 is 0 Å². The molecule has 0 bridgehead atoms. The summed E-state index contributed by atoms with van der Waals surface area (Å²) in [7, 11) is 1.74. The molecule has 2 rings (SSSR count). The van der Waals surface area contributed by atoms with Crippen LogP contribution in [0.15, 0.2) is 24.5 Å². The number of nitro groups is 1. The summed E-state index contributed by atoms with van der Waals surface area (Å²) in [6.45, 7) is 0.273. The Morgan fingerprint density at radius 2 is 2.29 bits per heavy atom. The largest absolute Gasteiger partial charge is 0.393 e. The topological polar surface area (TPSA) is 129 Å². The lowest BCUT2D eigenvalue weighted by Gasteiger charge is -2.06. The van der Waals surface area contributed by atoms with E-state index in [0.29, 0.717) is 12.2 Å². The lowest BCUT2D eigenvalue weighted by atomic mass is 10.1. The molecular formula is C12H14N6O3. The summed E-state index contributed by atoms with van der Waals surface area (Å²) in [6.07, 6.45) is 1.99. The van der Waals surface area contributed by atoms with Gasteiger partial charge in [-0.15, -0.1) is 0 Å². The van der Waals surface area contributed by atoms with E-state index in [0.717, 1.165) is 0 Å². The highest BCUT2D eigenvalue weighted by atomic mass is 16.6. The number of para-hydroxylation sites is 1. The standard InChI is InChI=1S/C12H14N6O3/c1-17-7-15-10(16-17)5-6-14-12(19)8-3-2-4-9(13)11(8)18(20)21/h2-4,7H,5-6,13H2,1H3,(H,14,19). The number of amides is 1. The summed E-state index contributed by atoms with van der Waals surface area (Å²) >= 11 is 0. The lowest BCUT2D eigenvalue weighted by Crippen LogP contribution is -2.27. The van der Waals surface area contributed by atoms with Crippen molar-refractivity contribution < 1.29 is 9.72 Å². The van der Waals surface area contributed by atoms with Crippen molar-refractivity contribution >= 4 is 17.3 Å². The van der Waals surface area contributed by atoms with Crippen LogP contribution in [0.4, 0.5) is 11.4 Å². The van der Waals surface area contributed by atoms with E-state index < -0.39 is 10.8 Å². The second-order valence-corrected chi connectivity index (χ2v) is 4.34. The molecule has 0 unspecified atom stereocenters. The highest BCUT2D eigenvalue weighted by Gasteiger charge is 2.22. The van der Waals surface area contributed by atoms with Crippen molar-refractivity contribution in [2.24, 2.45) is 7.05 Å². The van der Waals surface area contributed by atoms with Crippen LogP contribution in [-0.4, -0.2) is 32.1 Å². The predicted octanol–water partition coefficient (Wildman–Crippen LogP) is 0.278. The third-order valence-corrected chi connectivity index (χ3v) is 2.78. The van der Waals surface area contributed by atoms with Crippen LogP contribution in [0.25, 0.3) is 0 Å². The van der Waals surface area contributed by atoms with Gasteiger partial charge in [-0.05, 0) is 12.1 Å². The number of carbonyl (C=O) groups excluding carboxylic acids is 1. The fourth-order valence-corrected chi connectivity index (χ4v) is 1.83. The lowest BCUT2D eigenvalue weighted by molar-refractivity contribution is -0.384. The van der Waals surface area contributed by atoms with Gasteiger partial charge in [-0.2, -0.15) is 5.10 Å². The molecule has 2 aromatic rings. The Hall–Kier alpha value is -2.97. The molecule has 3 N–H and O–H groups in total. The smallest absolute Gasteiger partial charge is 0.304 e. The van der Waals surface area contributed by atoms with Gasteiger partial charge >= 0.3 is 5.69 Å². The van der Waals surface area contributed by atoms with Gasteiger partial charge in [0.2, 0.25) is 0 Å². The predicted molar refractivity (Wildman–Crippen MR) is 74.5 cm³/mol. The number of hydrogen-bond acceptors (Lipinski definition) is 6. The van der Waals surface area contributed by atoms with Gasteiger partial charge in [0.05, 0.1) is 4.92 Å². The molecule has 0 aliphatic carbocycles. The molecule has 0 fully saturated rings. The number of carbonyl (C=O) groups is 1. The number of rotatable bonds is 5. The molecule has 110 valence electrons. The molecule has 0 spiro atoms. The second-order valence-electron chi connectivity index (χ2n) is 4.34. The number of aromatic nitrogens is 3. The first-order chi connectivity index (χ1) is 9.99. The Morgan fingerprint density at radius 3 is 2.90 bits per heavy atom. The Balaban J connectivity index is 2.04. The summed E-state index contributed by atoms with van der Waals surface area (Å²) in [5.74, 6) is 0.0322. The highest BCUT2D eigenvalue weighted by molar-refractivity contribution is 6.00. The van der Waals surface area contributed by atoms with E-state index in [9.17, 15) is 14.9 Å². The van der Waals surface area contributed by atoms with Crippen molar-refractivity contribution in [3.05, 3.63) is 46.0 Å². The Kier molecular flexibility index (Phi) is 4.12. The molecule has 1 aromatic carbocycles. The Labute approximate surface area is 119 Å². The van der Waals surface area contributed by atoms with E-state index in [1.807, 2.05) is 0 Å². The van der Waals surface area contributed by atoms with Crippen molar-refractivity contribution in [3.63, 3.8) is 0 Å². The molecule has 0 radical (unpaired) electrons. The van der Waals surface area contributed by atoms with Crippen LogP contribution in [0.1, 0.15) is 16.2 Å². The summed E-state index contributed by atoms with van der Waals surface area (Å²) in [5.41, 5.74) is 5.05. The SMILES string of the molecule is Cn1cnc(CCNC(=O)c2cccc(N)c2[N+](=O)[O-])n1. The number of nitro benzene ring substituents is 1. The van der Waals surface area contributed by atoms with Crippen LogP contribution in [0.5, 0.6) is 0 Å². The maximum Gasteiger partial charge on any atom is 0.304 e. The zero-order valence-corrected chi connectivity index (χ0v) is 11.3. The first-order valence-electron chi connectivity index (χ1n) is 6.14. The van der Waals surface area contributed by atoms with E-state index in [4.69, 9.17) is 5.73 Å². The average Bonchev–Trinajstić information content (AvgIpc) is 2.83. The molecule has 1 aromatic heterocycles. The zero-order chi connectivity index (χ0) is 15.4. The molecule has 9 heteroatoms. The number of aryl methyl sites for hydroxylation is 1. The molecule has 21 heavy (non-hydrogen) atoms. The zero-order valence-electron chi connectivity index (χ0n) is 11.3. The summed E-state index contributed by atoms with van der Waals surface area (Å²) < 4.78 is 1.56. The monoisotopic (exact) mass is 290 g/mol. The number of benzene rings is 1. The number of nitrogens with zero attached hydrogens (tertiary/aromatic N) is 4. The third kappa shape index (κ3) is 3.32. The molecular weight excluding hydrogens is 276 g/mol. The maximum atomic E-state index is 12.0. The van der Waals surface area contributed by atoms with Crippen molar-refractivity contribution in [2.45, 2.75) is 6.42 Å². The number of nitrogens with two attached hydrogens (primary N) is 1. The molecule has 1 amide bonds. The molecule has 0 aliphatic heterocycles. The van der Waals surface area contributed by atoms with Crippen molar-refractivity contribution in [1.82, 2.24) is 20.1 Å². The molecule has 9 nitrogen and oxygen atoms in total. The van der Waals surface area contributed by atoms with Gasteiger partial charge in [0.25, 0.3) is 5.91 Å². The number of nitrogens with one attached hydrogen (secondary N) is 1. The van der Waals surface area contributed by atoms with Crippen molar-refractivity contribution in [3.8, 4) is 0 Å². The molecule has 0 saturated carbocycles. The summed E-state index contributed by atoms with van der Waals surface area (Å²) in [4.78, 5) is 26.3. The number of nitrogen functional groups attached to an aromatic ring is 1. The van der Waals surface area contributed by atoms with Crippen LogP contribution in [0.3, 0.4) is 0 Å². The molecule has 0 saturated heterocycles. The quantitative estimate of drug-likeness (QED) is 0.462. The third-order valence-electron chi connectivity index (χ3n) is 2.78. The van der Waals surface area contributed by atoms with E-state index in [1.54, 1.807) is 18.1 Å². The fraction of sp³-hybridized carbons (Fsp3) is 0.250. The van der Waals surface area contributed by atoms with Crippen LogP contribution in [-0.2, 0) is 13.5 Å². The van der Waals surface area contributed by atoms with Gasteiger partial charge in [0.1, 0.15) is 17.6 Å². The van der Waals surface area contributed by atoms with Crippen LogP contribution < -0.4 is 11.1 Å². The van der Waals surface area contributed by atoms with Gasteiger partial charge in [0.15, 0.2) is 5.82 Å².